The maximum atomic E-state index is 6.01. The highest BCUT2D eigenvalue weighted by Gasteiger charge is 2.20. The molecule has 0 saturated carbocycles. The Kier molecular flexibility index (Phi) is 5.40. The summed E-state index contributed by atoms with van der Waals surface area (Å²) in [6.45, 7) is 2.88. The van der Waals surface area contributed by atoms with Crippen molar-refractivity contribution in [2.75, 3.05) is 13.7 Å². The summed E-state index contributed by atoms with van der Waals surface area (Å²) in [5.41, 5.74) is 1.94. The average molecular weight is 356 g/mol. The van der Waals surface area contributed by atoms with Gasteiger partial charge in [-0.2, -0.15) is 0 Å². The van der Waals surface area contributed by atoms with Gasteiger partial charge in [0.2, 0.25) is 0 Å². The van der Waals surface area contributed by atoms with E-state index in [2.05, 4.69) is 33.2 Å². The van der Waals surface area contributed by atoms with Gasteiger partial charge in [0.15, 0.2) is 0 Å². The molecular weight excluding hydrogens is 340 g/mol. The Morgan fingerprint density at radius 3 is 2.85 bits per heavy atom. The third-order valence-corrected chi connectivity index (χ3v) is 3.90. The Bertz CT molecular complexity index is 592. The molecule has 1 unspecified atom stereocenters. The molecule has 0 spiro atoms. The molecule has 0 aliphatic carbocycles. The van der Waals surface area contributed by atoms with Crippen molar-refractivity contribution in [3.8, 4) is 5.75 Å². The first-order valence-corrected chi connectivity index (χ1v) is 7.51. The van der Waals surface area contributed by atoms with Crippen molar-refractivity contribution in [3.05, 3.63) is 57.3 Å². The van der Waals surface area contributed by atoms with Crippen LogP contribution in [0.25, 0.3) is 0 Å². The number of hydrogen-bond acceptors (Lipinski definition) is 3. The van der Waals surface area contributed by atoms with Gasteiger partial charge < -0.3 is 10.1 Å². The van der Waals surface area contributed by atoms with E-state index in [4.69, 9.17) is 16.3 Å². The molecule has 0 aliphatic rings. The zero-order chi connectivity index (χ0) is 14.5. The maximum Gasteiger partial charge on any atom is 0.142 e. The van der Waals surface area contributed by atoms with E-state index in [0.717, 1.165) is 28.0 Å². The van der Waals surface area contributed by atoms with Gasteiger partial charge in [0.1, 0.15) is 11.4 Å². The van der Waals surface area contributed by atoms with E-state index in [0.29, 0.717) is 5.02 Å². The summed E-state index contributed by atoms with van der Waals surface area (Å²) in [5, 5.41) is 4.13. The number of rotatable bonds is 5. The number of halogens is 2. The van der Waals surface area contributed by atoms with Crippen molar-refractivity contribution in [1.29, 1.82) is 0 Å². The minimum absolute atomic E-state index is 0.0530. The fourth-order valence-electron chi connectivity index (χ4n) is 2.09. The molecule has 1 atom stereocenters. The number of aromatic nitrogens is 1. The molecule has 0 radical (unpaired) electrons. The first-order valence-electron chi connectivity index (χ1n) is 6.34. The molecule has 0 saturated heterocycles. The summed E-state index contributed by atoms with van der Waals surface area (Å²) in [4.78, 5) is 4.47. The van der Waals surface area contributed by atoms with Gasteiger partial charge in [0.25, 0.3) is 0 Å². The number of methoxy groups -OCH3 is 1. The van der Waals surface area contributed by atoms with Crippen LogP contribution in [0.15, 0.2) is 41.0 Å². The lowest BCUT2D eigenvalue weighted by Crippen LogP contribution is -2.24. The number of pyridine rings is 1. The molecule has 1 heterocycles. The Hall–Kier alpha value is -1.10. The lowest BCUT2D eigenvalue weighted by atomic mass is 10.0. The average Bonchev–Trinajstić information content (AvgIpc) is 2.45. The van der Waals surface area contributed by atoms with Crippen molar-refractivity contribution in [3.63, 3.8) is 0 Å². The summed E-state index contributed by atoms with van der Waals surface area (Å²) in [6, 6.07) is 9.48. The van der Waals surface area contributed by atoms with E-state index in [9.17, 15) is 0 Å². The van der Waals surface area contributed by atoms with Gasteiger partial charge in [-0.3, -0.25) is 4.98 Å². The van der Waals surface area contributed by atoms with Gasteiger partial charge in [-0.05, 0) is 36.4 Å². The molecule has 1 aromatic carbocycles. The van der Waals surface area contributed by atoms with Crippen LogP contribution in [-0.2, 0) is 0 Å². The van der Waals surface area contributed by atoms with E-state index in [-0.39, 0.29) is 6.04 Å². The molecule has 3 nitrogen and oxygen atoms in total. The molecule has 0 fully saturated rings. The van der Waals surface area contributed by atoms with Crippen molar-refractivity contribution >= 4 is 27.5 Å². The lowest BCUT2D eigenvalue weighted by Gasteiger charge is -2.21. The summed E-state index contributed by atoms with van der Waals surface area (Å²) >= 11 is 9.58. The summed E-state index contributed by atoms with van der Waals surface area (Å²) in [7, 11) is 1.65. The monoisotopic (exact) mass is 354 g/mol. The van der Waals surface area contributed by atoms with Crippen LogP contribution in [0.2, 0.25) is 5.02 Å². The largest absolute Gasteiger partial charge is 0.495 e. The molecule has 0 bridgehead atoms. The van der Waals surface area contributed by atoms with E-state index in [1.165, 1.54) is 0 Å². The molecule has 2 rings (SSSR count). The van der Waals surface area contributed by atoms with Crippen LogP contribution in [-0.4, -0.2) is 18.6 Å². The van der Waals surface area contributed by atoms with E-state index in [1.54, 1.807) is 13.3 Å². The second-order valence-electron chi connectivity index (χ2n) is 4.25. The SMILES string of the molecule is CCNC(c1ccc(Cl)cc1Br)c1ncccc1OC. The highest BCUT2D eigenvalue weighted by Crippen LogP contribution is 2.33. The summed E-state index contributed by atoms with van der Waals surface area (Å²) in [5.74, 6) is 0.764. The highest BCUT2D eigenvalue weighted by molar-refractivity contribution is 9.10. The summed E-state index contributed by atoms with van der Waals surface area (Å²) in [6.07, 6.45) is 1.77. The predicted octanol–water partition coefficient (Wildman–Crippen LogP) is 4.21. The van der Waals surface area contributed by atoms with Crippen molar-refractivity contribution < 1.29 is 4.74 Å². The summed E-state index contributed by atoms with van der Waals surface area (Å²) < 4.78 is 6.36. The van der Waals surface area contributed by atoms with E-state index < -0.39 is 0 Å². The second-order valence-corrected chi connectivity index (χ2v) is 5.54. The molecule has 5 heteroatoms. The van der Waals surface area contributed by atoms with Crippen LogP contribution in [0.5, 0.6) is 5.75 Å². The number of hydrogen-bond donors (Lipinski definition) is 1. The van der Waals surface area contributed by atoms with Crippen LogP contribution in [0.3, 0.4) is 0 Å². The highest BCUT2D eigenvalue weighted by atomic mass is 79.9. The topological polar surface area (TPSA) is 34.2 Å². The number of benzene rings is 1. The Morgan fingerprint density at radius 1 is 1.40 bits per heavy atom. The Labute approximate surface area is 132 Å². The van der Waals surface area contributed by atoms with Crippen molar-refractivity contribution in [1.82, 2.24) is 10.3 Å². The number of ether oxygens (including phenoxy) is 1. The van der Waals surface area contributed by atoms with Crippen LogP contribution in [0, 0.1) is 0 Å². The molecule has 2 aromatic rings. The van der Waals surface area contributed by atoms with Gasteiger partial charge in [-0.15, -0.1) is 0 Å². The second kappa shape index (κ2) is 7.07. The lowest BCUT2D eigenvalue weighted by molar-refractivity contribution is 0.400. The fraction of sp³-hybridized carbons (Fsp3) is 0.267. The van der Waals surface area contributed by atoms with Crippen LogP contribution < -0.4 is 10.1 Å². The van der Waals surface area contributed by atoms with Crippen molar-refractivity contribution in [2.45, 2.75) is 13.0 Å². The molecule has 0 amide bonds. The minimum Gasteiger partial charge on any atom is -0.495 e. The molecule has 20 heavy (non-hydrogen) atoms. The molecule has 1 N–H and O–H groups in total. The quantitative estimate of drug-likeness (QED) is 0.872. The van der Waals surface area contributed by atoms with Crippen LogP contribution >= 0.6 is 27.5 Å². The van der Waals surface area contributed by atoms with Gasteiger partial charge in [-0.1, -0.05) is 40.5 Å². The molecule has 1 aromatic heterocycles. The minimum atomic E-state index is -0.0530. The smallest absolute Gasteiger partial charge is 0.142 e. The van der Waals surface area contributed by atoms with E-state index in [1.807, 2.05) is 30.3 Å². The predicted molar refractivity (Wildman–Crippen MR) is 85.5 cm³/mol. The van der Waals surface area contributed by atoms with Crippen molar-refractivity contribution in [2.24, 2.45) is 0 Å². The first kappa shape index (κ1) is 15.3. The molecular formula is C15H16BrClN2O. The standard InChI is InChI=1S/C15H16BrClN2O/c1-3-18-14(11-7-6-10(17)9-12(11)16)15-13(20-2)5-4-8-19-15/h4-9,14,18H,3H2,1-2H3. The fourth-order valence-corrected chi connectivity index (χ4v) is 3.00. The zero-order valence-electron chi connectivity index (χ0n) is 11.4. The number of nitrogens with one attached hydrogen (secondary N) is 1. The van der Waals surface area contributed by atoms with Gasteiger partial charge in [-0.25, -0.2) is 0 Å². The van der Waals surface area contributed by atoms with E-state index >= 15 is 0 Å². The molecule has 106 valence electrons. The van der Waals surface area contributed by atoms with Gasteiger partial charge >= 0.3 is 0 Å². The zero-order valence-corrected chi connectivity index (χ0v) is 13.7. The van der Waals surface area contributed by atoms with Crippen LogP contribution in [0.4, 0.5) is 0 Å². The number of nitrogens with zero attached hydrogens (tertiary/aromatic N) is 1. The van der Waals surface area contributed by atoms with Gasteiger partial charge in [0.05, 0.1) is 13.2 Å². The van der Waals surface area contributed by atoms with Gasteiger partial charge in [0, 0.05) is 15.7 Å². The Balaban J connectivity index is 2.50. The first-order chi connectivity index (χ1) is 9.67. The Morgan fingerprint density at radius 2 is 2.20 bits per heavy atom. The third kappa shape index (κ3) is 3.32. The maximum absolute atomic E-state index is 6.01. The third-order valence-electron chi connectivity index (χ3n) is 2.97. The molecule has 0 aliphatic heterocycles. The van der Waals surface area contributed by atoms with Crippen LogP contribution in [0.1, 0.15) is 24.2 Å². The normalized spacial score (nSPS) is 12.2.